The van der Waals surface area contributed by atoms with Gasteiger partial charge >= 0.3 is 0 Å². The average molecular weight is 266 g/mol. The Morgan fingerprint density at radius 3 is 2.90 bits per heavy atom. The molecule has 0 bridgehead atoms. The number of fused-ring (bicyclic) bond motifs is 1. The number of aryl methyl sites for hydroxylation is 2. The van der Waals surface area contributed by atoms with Crippen LogP contribution in [0, 0.1) is 12.3 Å². The van der Waals surface area contributed by atoms with Crippen molar-refractivity contribution in [2.24, 2.45) is 5.73 Å². The minimum absolute atomic E-state index is 0.0775. The second-order valence-corrected chi connectivity index (χ2v) is 5.12. The summed E-state index contributed by atoms with van der Waals surface area (Å²) < 4.78 is 0. The highest BCUT2D eigenvalue weighted by atomic mass is 15.2. The predicted octanol–water partition coefficient (Wildman–Crippen LogP) is 2.76. The van der Waals surface area contributed by atoms with Crippen LogP contribution < -0.4 is 10.6 Å². The van der Waals surface area contributed by atoms with Crippen LogP contribution in [0.4, 0.5) is 11.5 Å². The van der Waals surface area contributed by atoms with E-state index in [1.54, 1.807) is 6.20 Å². The largest absolute Gasteiger partial charge is 0.384 e. The minimum atomic E-state index is 0.0775. The minimum Gasteiger partial charge on any atom is -0.384 e. The van der Waals surface area contributed by atoms with Crippen LogP contribution in [-0.2, 0) is 6.42 Å². The van der Waals surface area contributed by atoms with Crippen molar-refractivity contribution in [3.05, 3.63) is 53.2 Å². The Morgan fingerprint density at radius 1 is 1.30 bits per heavy atom. The van der Waals surface area contributed by atoms with Crippen molar-refractivity contribution in [3.63, 3.8) is 0 Å². The van der Waals surface area contributed by atoms with Gasteiger partial charge in [0.25, 0.3) is 0 Å². The zero-order chi connectivity index (χ0) is 14.1. The van der Waals surface area contributed by atoms with E-state index in [0.29, 0.717) is 0 Å². The van der Waals surface area contributed by atoms with Crippen molar-refractivity contribution in [2.75, 3.05) is 11.4 Å². The van der Waals surface area contributed by atoms with Crippen LogP contribution in [0.5, 0.6) is 0 Å². The molecule has 3 rings (SSSR count). The predicted molar refractivity (Wildman–Crippen MR) is 81.8 cm³/mol. The quantitative estimate of drug-likeness (QED) is 0.649. The highest BCUT2D eigenvalue weighted by molar-refractivity contribution is 6.01. The van der Waals surface area contributed by atoms with Crippen molar-refractivity contribution < 1.29 is 0 Å². The number of benzene rings is 1. The first-order valence-electron chi connectivity index (χ1n) is 6.84. The molecule has 4 heteroatoms. The standard InChI is InChI=1S/C16H18N4/c1-11-8-9-19-16(14(11)15(17)18)20-10-4-6-12-5-2-3-7-13(12)20/h2-3,5,7-9H,4,6,10H2,1H3,(H3,17,18). The van der Waals surface area contributed by atoms with Gasteiger partial charge in [-0.15, -0.1) is 0 Å². The SMILES string of the molecule is Cc1ccnc(N2CCCc3ccccc32)c1C(=N)N. The molecule has 0 saturated heterocycles. The second-order valence-electron chi connectivity index (χ2n) is 5.12. The number of rotatable bonds is 2. The summed E-state index contributed by atoms with van der Waals surface area (Å²) in [5.41, 5.74) is 10.0. The zero-order valence-corrected chi connectivity index (χ0v) is 11.6. The van der Waals surface area contributed by atoms with Gasteiger partial charge in [-0.1, -0.05) is 18.2 Å². The molecule has 0 unspecified atom stereocenters. The van der Waals surface area contributed by atoms with Crippen LogP contribution >= 0.6 is 0 Å². The number of aromatic nitrogens is 1. The molecule has 0 spiro atoms. The number of hydrogen-bond acceptors (Lipinski definition) is 3. The maximum absolute atomic E-state index is 7.83. The third kappa shape index (κ3) is 2.03. The zero-order valence-electron chi connectivity index (χ0n) is 11.6. The number of nitrogens with two attached hydrogens (primary N) is 1. The molecule has 0 saturated carbocycles. The fourth-order valence-corrected chi connectivity index (χ4v) is 2.84. The number of pyridine rings is 1. The molecule has 20 heavy (non-hydrogen) atoms. The molecule has 0 fully saturated rings. The topological polar surface area (TPSA) is 66.0 Å². The molecular weight excluding hydrogens is 248 g/mol. The maximum atomic E-state index is 7.83. The van der Waals surface area contributed by atoms with Crippen LogP contribution in [0.3, 0.4) is 0 Å². The molecular formula is C16H18N4. The molecule has 1 aromatic carbocycles. The van der Waals surface area contributed by atoms with Crippen LogP contribution in [0.2, 0.25) is 0 Å². The fourth-order valence-electron chi connectivity index (χ4n) is 2.84. The summed E-state index contributed by atoms with van der Waals surface area (Å²) >= 11 is 0. The lowest BCUT2D eigenvalue weighted by atomic mass is 10.0. The van der Waals surface area contributed by atoms with Crippen molar-refractivity contribution >= 4 is 17.3 Å². The maximum Gasteiger partial charge on any atom is 0.144 e. The summed E-state index contributed by atoms with van der Waals surface area (Å²) in [6.45, 7) is 2.88. The molecule has 2 heterocycles. The fraction of sp³-hybridized carbons (Fsp3) is 0.250. The monoisotopic (exact) mass is 266 g/mol. The van der Waals surface area contributed by atoms with Gasteiger partial charge in [0, 0.05) is 18.4 Å². The molecule has 1 aliphatic rings. The first-order chi connectivity index (χ1) is 9.68. The van der Waals surface area contributed by atoms with Gasteiger partial charge in [-0.2, -0.15) is 0 Å². The molecule has 2 aromatic rings. The molecule has 1 aromatic heterocycles. The van der Waals surface area contributed by atoms with E-state index in [9.17, 15) is 0 Å². The lowest BCUT2D eigenvalue weighted by molar-refractivity contribution is 0.759. The van der Waals surface area contributed by atoms with E-state index in [-0.39, 0.29) is 5.84 Å². The van der Waals surface area contributed by atoms with Crippen molar-refractivity contribution in [1.29, 1.82) is 5.41 Å². The van der Waals surface area contributed by atoms with Gasteiger partial charge in [-0.05, 0) is 43.0 Å². The van der Waals surface area contributed by atoms with E-state index in [1.165, 1.54) is 11.3 Å². The Hall–Kier alpha value is -2.36. The Labute approximate surface area is 118 Å². The first kappa shape index (κ1) is 12.7. The summed E-state index contributed by atoms with van der Waals surface area (Å²) in [6, 6.07) is 10.3. The van der Waals surface area contributed by atoms with Crippen molar-refractivity contribution in [1.82, 2.24) is 4.98 Å². The van der Waals surface area contributed by atoms with E-state index in [1.807, 2.05) is 19.1 Å². The normalized spacial score (nSPS) is 13.9. The summed E-state index contributed by atoms with van der Waals surface area (Å²) in [7, 11) is 0. The molecule has 0 atom stereocenters. The highest BCUT2D eigenvalue weighted by Gasteiger charge is 2.22. The lowest BCUT2D eigenvalue weighted by Gasteiger charge is -2.32. The van der Waals surface area contributed by atoms with E-state index in [0.717, 1.165) is 36.3 Å². The van der Waals surface area contributed by atoms with Gasteiger partial charge in [0.1, 0.15) is 11.7 Å². The lowest BCUT2D eigenvalue weighted by Crippen LogP contribution is -2.28. The van der Waals surface area contributed by atoms with Gasteiger partial charge in [0.05, 0.1) is 5.56 Å². The second kappa shape index (κ2) is 4.96. The Morgan fingerprint density at radius 2 is 2.10 bits per heavy atom. The van der Waals surface area contributed by atoms with Crippen LogP contribution in [-0.4, -0.2) is 17.4 Å². The van der Waals surface area contributed by atoms with Gasteiger partial charge in [-0.25, -0.2) is 4.98 Å². The van der Waals surface area contributed by atoms with Crippen molar-refractivity contribution in [3.8, 4) is 0 Å². The number of para-hydroxylation sites is 1. The number of nitrogens with zero attached hydrogens (tertiary/aromatic N) is 2. The van der Waals surface area contributed by atoms with Gasteiger partial charge < -0.3 is 10.6 Å². The van der Waals surface area contributed by atoms with Gasteiger partial charge in [-0.3, -0.25) is 5.41 Å². The molecule has 4 nitrogen and oxygen atoms in total. The van der Waals surface area contributed by atoms with E-state index >= 15 is 0 Å². The number of hydrogen-bond donors (Lipinski definition) is 2. The Balaban J connectivity index is 2.16. The smallest absolute Gasteiger partial charge is 0.144 e. The van der Waals surface area contributed by atoms with E-state index < -0.39 is 0 Å². The molecule has 0 amide bonds. The average Bonchev–Trinajstić information content (AvgIpc) is 2.46. The number of anilines is 2. The Bertz CT molecular complexity index is 663. The van der Waals surface area contributed by atoms with Crippen LogP contribution in [0.25, 0.3) is 0 Å². The van der Waals surface area contributed by atoms with E-state index in [4.69, 9.17) is 11.1 Å². The molecule has 0 radical (unpaired) electrons. The summed E-state index contributed by atoms with van der Waals surface area (Å²) in [4.78, 5) is 6.67. The first-order valence-corrected chi connectivity index (χ1v) is 6.84. The summed E-state index contributed by atoms with van der Waals surface area (Å²) in [5.74, 6) is 0.873. The Kier molecular flexibility index (Phi) is 3.14. The molecule has 0 aliphatic carbocycles. The summed E-state index contributed by atoms with van der Waals surface area (Å²) in [5, 5.41) is 7.83. The summed E-state index contributed by atoms with van der Waals surface area (Å²) in [6.07, 6.45) is 3.96. The molecule has 102 valence electrons. The number of nitrogens with one attached hydrogen (secondary N) is 1. The third-order valence-corrected chi connectivity index (χ3v) is 3.77. The molecule has 3 N–H and O–H groups in total. The highest BCUT2D eigenvalue weighted by Crippen LogP contribution is 2.34. The van der Waals surface area contributed by atoms with Crippen molar-refractivity contribution in [2.45, 2.75) is 19.8 Å². The van der Waals surface area contributed by atoms with Gasteiger partial charge in [0.2, 0.25) is 0 Å². The van der Waals surface area contributed by atoms with Gasteiger partial charge in [0.15, 0.2) is 0 Å². The van der Waals surface area contributed by atoms with E-state index in [2.05, 4.69) is 28.1 Å². The van der Waals surface area contributed by atoms with Crippen LogP contribution in [0.1, 0.15) is 23.1 Å². The molecule has 1 aliphatic heterocycles. The van der Waals surface area contributed by atoms with Crippen LogP contribution in [0.15, 0.2) is 36.5 Å². The third-order valence-electron chi connectivity index (χ3n) is 3.77. The number of amidine groups is 1. The number of nitrogen functional groups attached to an aromatic ring is 1.